The van der Waals surface area contributed by atoms with Gasteiger partial charge in [0.15, 0.2) is 0 Å². The highest BCUT2D eigenvalue weighted by atomic mass is 16.6. The van der Waals surface area contributed by atoms with Crippen molar-refractivity contribution >= 4 is 12.1 Å². The number of hydrogen-bond donors (Lipinski definition) is 1. The molecule has 0 aromatic heterocycles. The molecule has 186 valence electrons. The molecule has 1 saturated heterocycles. The molecule has 0 spiro atoms. The number of likely N-dealkylation sites (tertiary alicyclic amines) is 1. The van der Waals surface area contributed by atoms with Gasteiger partial charge in [-0.3, -0.25) is 4.79 Å². The molecule has 6 heteroatoms. The Labute approximate surface area is 207 Å². The van der Waals surface area contributed by atoms with Crippen molar-refractivity contribution in [3.8, 4) is 5.75 Å². The molecule has 0 radical (unpaired) electrons. The van der Waals surface area contributed by atoms with Crippen molar-refractivity contribution in [3.63, 3.8) is 0 Å². The summed E-state index contributed by atoms with van der Waals surface area (Å²) in [7, 11) is 0. The summed E-state index contributed by atoms with van der Waals surface area (Å²) >= 11 is 0. The topological polar surface area (TPSA) is 76.1 Å². The largest absolute Gasteiger partial charge is 0.492 e. The van der Waals surface area contributed by atoms with Crippen LogP contribution < -0.4 is 4.74 Å². The smallest absolute Gasteiger partial charge is 0.410 e. The summed E-state index contributed by atoms with van der Waals surface area (Å²) in [5, 5.41) is 9.43. The van der Waals surface area contributed by atoms with Gasteiger partial charge in [0, 0.05) is 18.0 Å². The second-order valence-corrected chi connectivity index (χ2v) is 11.1. The van der Waals surface area contributed by atoms with E-state index in [9.17, 15) is 14.7 Å². The molecule has 1 N–H and O–H groups in total. The van der Waals surface area contributed by atoms with Crippen LogP contribution in [0.2, 0.25) is 0 Å². The van der Waals surface area contributed by atoms with E-state index in [2.05, 4.69) is 12.1 Å². The summed E-state index contributed by atoms with van der Waals surface area (Å²) in [6.07, 6.45) is 6.15. The maximum Gasteiger partial charge on any atom is 0.410 e. The molecule has 2 aromatic rings. The van der Waals surface area contributed by atoms with E-state index in [0.29, 0.717) is 19.1 Å². The van der Waals surface area contributed by atoms with Crippen LogP contribution in [-0.2, 0) is 28.0 Å². The highest BCUT2D eigenvalue weighted by Crippen LogP contribution is 2.56. The molecule has 6 nitrogen and oxygen atoms in total. The van der Waals surface area contributed by atoms with Gasteiger partial charge in [-0.2, -0.15) is 0 Å². The molecule has 35 heavy (non-hydrogen) atoms. The van der Waals surface area contributed by atoms with Crippen LogP contribution in [0.3, 0.4) is 0 Å². The first-order chi connectivity index (χ1) is 16.8. The Hall–Kier alpha value is -3.02. The molecular formula is C29H35NO5. The quantitative estimate of drug-likeness (QED) is 0.589. The highest BCUT2D eigenvalue weighted by Gasteiger charge is 2.55. The molecule has 1 amide bonds. The Morgan fingerprint density at radius 3 is 2.69 bits per heavy atom. The molecule has 0 unspecified atom stereocenters. The predicted molar refractivity (Wildman–Crippen MR) is 132 cm³/mol. The minimum Gasteiger partial charge on any atom is -0.492 e. The molecule has 2 aliphatic carbocycles. The predicted octanol–water partition coefficient (Wildman–Crippen LogP) is 5.57. The van der Waals surface area contributed by atoms with Gasteiger partial charge in [-0.15, -0.1) is 0 Å². The minimum absolute atomic E-state index is 0.0500. The van der Waals surface area contributed by atoms with Crippen molar-refractivity contribution in [2.24, 2.45) is 11.3 Å². The van der Waals surface area contributed by atoms with E-state index in [1.54, 1.807) is 13.8 Å². The van der Waals surface area contributed by atoms with E-state index in [1.165, 1.54) is 24.0 Å². The van der Waals surface area contributed by atoms with Crippen LogP contribution in [0.1, 0.15) is 62.6 Å². The first kappa shape index (κ1) is 23.7. The van der Waals surface area contributed by atoms with Gasteiger partial charge in [-0.25, -0.2) is 4.79 Å². The lowest BCUT2D eigenvalue weighted by Gasteiger charge is -2.58. The maximum atomic E-state index is 13.2. The molecule has 2 aromatic carbocycles. The number of carboxylic acid groups (broad SMARTS) is 1. The van der Waals surface area contributed by atoms with Gasteiger partial charge in [0.25, 0.3) is 0 Å². The van der Waals surface area contributed by atoms with Gasteiger partial charge in [-0.05, 0) is 74.3 Å². The van der Waals surface area contributed by atoms with E-state index in [4.69, 9.17) is 9.47 Å². The van der Waals surface area contributed by atoms with Crippen LogP contribution in [0, 0.1) is 11.3 Å². The molecule has 1 aliphatic heterocycles. The lowest BCUT2D eigenvalue weighted by Crippen LogP contribution is -2.62. The number of carbonyl (C=O) groups excluding carboxylic acids is 1. The third kappa shape index (κ3) is 4.39. The van der Waals surface area contributed by atoms with Gasteiger partial charge >= 0.3 is 12.1 Å². The summed E-state index contributed by atoms with van der Waals surface area (Å²) in [6.45, 7) is 4.48. The fourth-order valence-corrected chi connectivity index (χ4v) is 6.43. The molecule has 1 saturated carbocycles. The van der Waals surface area contributed by atoms with Crippen molar-refractivity contribution < 1.29 is 24.2 Å². The maximum absolute atomic E-state index is 13.2. The van der Waals surface area contributed by atoms with Gasteiger partial charge in [0.1, 0.15) is 19.0 Å². The number of piperidine rings is 1. The number of rotatable bonds is 6. The Balaban J connectivity index is 1.37. The summed E-state index contributed by atoms with van der Waals surface area (Å²) < 4.78 is 11.7. The Morgan fingerprint density at radius 1 is 1.11 bits per heavy atom. The second-order valence-electron chi connectivity index (χ2n) is 11.1. The van der Waals surface area contributed by atoms with E-state index in [0.717, 1.165) is 37.0 Å². The molecule has 5 rings (SSSR count). The first-order valence-corrected chi connectivity index (χ1v) is 12.8. The molecule has 3 atom stereocenters. The molecular weight excluding hydrogens is 442 g/mol. The van der Waals surface area contributed by atoms with Crippen molar-refractivity contribution in [1.82, 2.24) is 4.90 Å². The fraction of sp³-hybridized carbons (Fsp3) is 0.517. The molecule has 2 fully saturated rings. The standard InChI is InChI=1S/C29H35NO5/c1-28(2,26(31)32)19-35-22-12-11-21-16-25-23-10-6-7-13-29(23,24(21)17-22)14-15-30(25)27(33)34-18-20-8-4-3-5-9-20/h3-5,8-9,11-12,17,23,25H,6-7,10,13-16,18-19H2,1-2H3,(H,31,32)/t23-,25+,29+/m0/s1. The number of carbonyl (C=O) groups is 2. The van der Waals surface area contributed by atoms with Gasteiger partial charge in [-0.1, -0.05) is 49.2 Å². The number of benzene rings is 2. The Bertz CT molecular complexity index is 1100. The van der Waals surface area contributed by atoms with Gasteiger partial charge < -0.3 is 19.5 Å². The van der Waals surface area contributed by atoms with E-state index in [1.807, 2.05) is 41.3 Å². The summed E-state index contributed by atoms with van der Waals surface area (Å²) in [4.78, 5) is 26.7. The first-order valence-electron chi connectivity index (χ1n) is 12.8. The van der Waals surface area contributed by atoms with Crippen molar-refractivity contribution in [2.75, 3.05) is 13.2 Å². The third-order valence-electron chi connectivity index (χ3n) is 8.43. The van der Waals surface area contributed by atoms with Crippen LogP contribution in [0.5, 0.6) is 5.75 Å². The SMILES string of the molecule is CC(C)(COc1ccc2c(c1)[C@@]13CCCC[C@H]1[C@@H](C2)N(C(=O)OCc1ccccc1)CC3)C(=O)O. The van der Waals surface area contributed by atoms with Crippen LogP contribution in [-0.4, -0.2) is 41.3 Å². The number of ether oxygens (including phenoxy) is 2. The van der Waals surface area contributed by atoms with Gasteiger partial charge in [0.05, 0.1) is 5.41 Å². The third-order valence-corrected chi connectivity index (χ3v) is 8.43. The summed E-state index contributed by atoms with van der Waals surface area (Å²) in [5.74, 6) is 0.281. The summed E-state index contributed by atoms with van der Waals surface area (Å²) in [5.41, 5.74) is 2.73. The van der Waals surface area contributed by atoms with Crippen LogP contribution >= 0.6 is 0 Å². The van der Waals surface area contributed by atoms with E-state index in [-0.39, 0.29) is 24.2 Å². The van der Waals surface area contributed by atoms with Crippen molar-refractivity contribution in [2.45, 2.75) is 70.4 Å². The number of fused-ring (bicyclic) bond motifs is 1. The zero-order valence-corrected chi connectivity index (χ0v) is 20.7. The monoisotopic (exact) mass is 477 g/mol. The zero-order chi connectivity index (χ0) is 24.6. The van der Waals surface area contributed by atoms with Crippen LogP contribution in [0.4, 0.5) is 4.79 Å². The van der Waals surface area contributed by atoms with E-state index < -0.39 is 11.4 Å². The number of amides is 1. The Kier molecular flexibility index (Phi) is 6.24. The minimum atomic E-state index is -0.946. The molecule has 3 aliphatic rings. The molecule has 1 heterocycles. The van der Waals surface area contributed by atoms with Gasteiger partial charge in [0.2, 0.25) is 0 Å². The van der Waals surface area contributed by atoms with Crippen LogP contribution in [0.25, 0.3) is 0 Å². The number of hydrogen-bond acceptors (Lipinski definition) is 4. The lowest BCUT2D eigenvalue weighted by molar-refractivity contribution is -0.148. The second kappa shape index (κ2) is 9.21. The number of aliphatic carboxylic acids is 1. The number of nitrogens with zero attached hydrogens (tertiary/aromatic N) is 1. The van der Waals surface area contributed by atoms with Crippen molar-refractivity contribution in [1.29, 1.82) is 0 Å². The fourth-order valence-electron chi connectivity index (χ4n) is 6.43. The summed E-state index contributed by atoms with van der Waals surface area (Å²) in [6, 6.07) is 16.2. The average Bonchev–Trinajstić information content (AvgIpc) is 2.87. The highest BCUT2D eigenvalue weighted by molar-refractivity contribution is 5.73. The van der Waals surface area contributed by atoms with Crippen LogP contribution in [0.15, 0.2) is 48.5 Å². The lowest BCUT2D eigenvalue weighted by atomic mass is 9.52. The van der Waals surface area contributed by atoms with Crippen molar-refractivity contribution in [3.05, 3.63) is 65.2 Å². The average molecular weight is 478 g/mol. The normalized spacial score (nSPS) is 25.3. The molecule has 2 bridgehead atoms. The zero-order valence-electron chi connectivity index (χ0n) is 20.7. The number of carboxylic acids is 1. The Morgan fingerprint density at radius 2 is 1.91 bits per heavy atom. The van der Waals surface area contributed by atoms with E-state index >= 15 is 0 Å².